The summed E-state index contributed by atoms with van der Waals surface area (Å²) in [5.74, 6) is 0.517. The minimum absolute atomic E-state index is 0.0875. The van der Waals surface area contributed by atoms with E-state index in [1.165, 1.54) is 6.20 Å². The second-order valence-corrected chi connectivity index (χ2v) is 4.09. The summed E-state index contributed by atoms with van der Waals surface area (Å²) in [5.41, 5.74) is 0.377. The standard InChI is InChI=1S/C12H20N4O/c1-5-6-9(2)16(4)12(17)10-7-14-8-11(13-3)15-10/h7-9H,5-6H2,1-4H3,(H,13,15). The van der Waals surface area contributed by atoms with Gasteiger partial charge in [0.25, 0.3) is 5.91 Å². The molecule has 0 radical (unpaired) electrons. The van der Waals surface area contributed by atoms with Crippen LogP contribution in [0.2, 0.25) is 0 Å². The average Bonchev–Trinajstić information content (AvgIpc) is 2.37. The summed E-state index contributed by atoms with van der Waals surface area (Å²) in [5, 5.41) is 2.87. The van der Waals surface area contributed by atoms with Crippen LogP contribution in [0.1, 0.15) is 37.2 Å². The van der Waals surface area contributed by atoms with Crippen LogP contribution in [-0.4, -0.2) is 40.9 Å². The van der Waals surface area contributed by atoms with Gasteiger partial charge in [0.05, 0.1) is 12.4 Å². The molecule has 1 amide bonds. The lowest BCUT2D eigenvalue weighted by atomic mass is 10.1. The Morgan fingerprint density at radius 3 is 2.82 bits per heavy atom. The van der Waals surface area contributed by atoms with E-state index in [1.54, 1.807) is 25.2 Å². The van der Waals surface area contributed by atoms with Gasteiger partial charge < -0.3 is 10.2 Å². The Kier molecular flexibility index (Phi) is 4.87. The Morgan fingerprint density at radius 2 is 2.24 bits per heavy atom. The topological polar surface area (TPSA) is 58.1 Å². The summed E-state index contributed by atoms with van der Waals surface area (Å²) in [6.07, 6.45) is 5.13. The van der Waals surface area contributed by atoms with Crippen LogP contribution < -0.4 is 5.32 Å². The van der Waals surface area contributed by atoms with Crippen molar-refractivity contribution in [1.29, 1.82) is 0 Å². The first-order valence-electron chi connectivity index (χ1n) is 5.87. The maximum absolute atomic E-state index is 12.1. The van der Waals surface area contributed by atoms with E-state index in [9.17, 15) is 4.79 Å². The molecule has 0 bridgehead atoms. The highest BCUT2D eigenvalue weighted by Crippen LogP contribution is 2.09. The number of carbonyl (C=O) groups is 1. The van der Waals surface area contributed by atoms with Crippen molar-refractivity contribution >= 4 is 11.7 Å². The van der Waals surface area contributed by atoms with Crippen LogP contribution >= 0.6 is 0 Å². The summed E-state index contributed by atoms with van der Waals surface area (Å²) in [7, 11) is 3.55. The largest absolute Gasteiger partial charge is 0.372 e. The second kappa shape index (κ2) is 6.18. The number of hydrogen-bond donors (Lipinski definition) is 1. The van der Waals surface area contributed by atoms with E-state index >= 15 is 0 Å². The van der Waals surface area contributed by atoms with Crippen molar-refractivity contribution in [2.45, 2.75) is 32.7 Å². The fraction of sp³-hybridized carbons (Fsp3) is 0.583. The van der Waals surface area contributed by atoms with E-state index in [-0.39, 0.29) is 11.9 Å². The Bertz CT molecular complexity index is 381. The molecule has 1 rings (SSSR count). The summed E-state index contributed by atoms with van der Waals surface area (Å²) < 4.78 is 0. The number of hydrogen-bond acceptors (Lipinski definition) is 4. The molecule has 1 aromatic rings. The molecule has 17 heavy (non-hydrogen) atoms. The highest BCUT2D eigenvalue weighted by molar-refractivity contribution is 5.92. The van der Waals surface area contributed by atoms with Crippen LogP contribution in [0, 0.1) is 0 Å². The monoisotopic (exact) mass is 236 g/mol. The summed E-state index contributed by atoms with van der Waals surface area (Å²) in [4.78, 5) is 22.0. The number of nitrogens with zero attached hydrogens (tertiary/aromatic N) is 3. The summed E-state index contributed by atoms with van der Waals surface area (Å²) >= 11 is 0. The van der Waals surface area contributed by atoms with Crippen molar-refractivity contribution in [3.63, 3.8) is 0 Å². The smallest absolute Gasteiger partial charge is 0.274 e. The Hall–Kier alpha value is -1.65. The van der Waals surface area contributed by atoms with Crippen molar-refractivity contribution in [2.75, 3.05) is 19.4 Å². The molecule has 5 nitrogen and oxygen atoms in total. The number of amides is 1. The zero-order valence-corrected chi connectivity index (χ0v) is 10.9. The van der Waals surface area contributed by atoms with Gasteiger partial charge in [0.2, 0.25) is 0 Å². The molecular formula is C12H20N4O. The molecule has 1 atom stereocenters. The predicted molar refractivity (Wildman–Crippen MR) is 68.0 cm³/mol. The molecule has 1 aromatic heterocycles. The minimum atomic E-state index is -0.0875. The van der Waals surface area contributed by atoms with Crippen molar-refractivity contribution in [3.8, 4) is 0 Å². The van der Waals surface area contributed by atoms with Gasteiger partial charge in [0, 0.05) is 20.1 Å². The van der Waals surface area contributed by atoms with Crippen molar-refractivity contribution in [2.24, 2.45) is 0 Å². The van der Waals surface area contributed by atoms with Crippen molar-refractivity contribution in [3.05, 3.63) is 18.1 Å². The Balaban J connectivity index is 2.80. The van der Waals surface area contributed by atoms with Crippen molar-refractivity contribution < 1.29 is 4.79 Å². The van der Waals surface area contributed by atoms with Gasteiger partial charge in [0.15, 0.2) is 0 Å². The SMILES string of the molecule is CCCC(C)N(C)C(=O)c1cncc(NC)n1. The van der Waals surface area contributed by atoms with Crippen LogP contribution in [-0.2, 0) is 0 Å². The molecule has 0 saturated heterocycles. The van der Waals surface area contributed by atoms with Crippen LogP contribution in [0.3, 0.4) is 0 Å². The summed E-state index contributed by atoms with van der Waals surface area (Å²) in [6.45, 7) is 4.15. The third-order valence-corrected chi connectivity index (χ3v) is 2.80. The first-order chi connectivity index (χ1) is 8.10. The molecular weight excluding hydrogens is 216 g/mol. The lowest BCUT2D eigenvalue weighted by Crippen LogP contribution is -2.35. The molecule has 0 aromatic carbocycles. The third kappa shape index (κ3) is 3.41. The van der Waals surface area contributed by atoms with Crippen LogP contribution in [0.5, 0.6) is 0 Å². The second-order valence-electron chi connectivity index (χ2n) is 4.09. The Labute approximate surface area is 102 Å². The number of rotatable bonds is 5. The molecule has 0 spiro atoms. The van der Waals surface area contributed by atoms with E-state index in [1.807, 2.05) is 6.92 Å². The average molecular weight is 236 g/mol. The highest BCUT2D eigenvalue weighted by Gasteiger charge is 2.18. The molecule has 0 aliphatic rings. The van der Waals surface area contributed by atoms with Crippen molar-refractivity contribution in [1.82, 2.24) is 14.9 Å². The maximum atomic E-state index is 12.1. The fourth-order valence-corrected chi connectivity index (χ4v) is 1.58. The molecule has 0 saturated carbocycles. The van der Waals surface area contributed by atoms with Gasteiger partial charge in [-0.2, -0.15) is 0 Å². The lowest BCUT2D eigenvalue weighted by Gasteiger charge is -2.24. The number of nitrogens with one attached hydrogen (secondary N) is 1. The minimum Gasteiger partial charge on any atom is -0.372 e. The Morgan fingerprint density at radius 1 is 1.53 bits per heavy atom. The van der Waals surface area contributed by atoms with Crippen LogP contribution in [0.4, 0.5) is 5.82 Å². The number of aromatic nitrogens is 2. The zero-order chi connectivity index (χ0) is 12.8. The first kappa shape index (κ1) is 13.4. The van der Waals surface area contributed by atoms with Gasteiger partial charge in [-0.25, -0.2) is 4.98 Å². The van der Waals surface area contributed by atoms with Crippen LogP contribution in [0.25, 0.3) is 0 Å². The summed E-state index contributed by atoms with van der Waals surface area (Å²) in [6, 6.07) is 0.215. The van der Waals surface area contributed by atoms with Gasteiger partial charge in [-0.05, 0) is 13.3 Å². The molecule has 5 heteroatoms. The molecule has 0 aliphatic carbocycles. The number of carbonyl (C=O) groups excluding carboxylic acids is 1. The highest BCUT2D eigenvalue weighted by atomic mass is 16.2. The maximum Gasteiger partial charge on any atom is 0.274 e. The third-order valence-electron chi connectivity index (χ3n) is 2.80. The van der Waals surface area contributed by atoms with Gasteiger partial charge in [-0.1, -0.05) is 13.3 Å². The van der Waals surface area contributed by atoms with E-state index in [0.29, 0.717) is 11.5 Å². The van der Waals surface area contributed by atoms with Gasteiger partial charge in [-0.15, -0.1) is 0 Å². The first-order valence-corrected chi connectivity index (χ1v) is 5.87. The van der Waals surface area contributed by atoms with E-state index in [2.05, 4.69) is 22.2 Å². The van der Waals surface area contributed by atoms with Crippen LogP contribution in [0.15, 0.2) is 12.4 Å². The number of anilines is 1. The molecule has 0 fully saturated rings. The molecule has 1 heterocycles. The van der Waals surface area contributed by atoms with Gasteiger partial charge in [0.1, 0.15) is 11.5 Å². The van der Waals surface area contributed by atoms with E-state index in [0.717, 1.165) is 12.8 Å². The fourth-order valence-electron chi connectivity index (χ4n) is 1.58. The zero-order valence-electron chi connectivity index (χ0n) is 10.9. The lowest BCUT2D eigenvalue weighted by molar-refractivity contribution is 0.0730. The van der Waals surface area contributed by atoms with E-state index < -0.39 is 0 Å². The molecule has 94 valence electrons. The molecule has 1 N–H and O–H groups in total. The van der Waals surface area contributed by atoms with Gasteiger partial charge >= 0.3 is 0 Å². The van der Waals surface area contributed by atoms with E-state index in [4.69, 9.17) is 0 Å². The molecule has 1 unspecified atom stereocenters. The normalized spacial score (nSPS) is 12.0. The molecule has 0 aliphatic heterocycles. The predicted octanol–water partition coefficient (Wildman–Crippen LogP) is 1.78. The quantitative estimate of drug-likeness (QED) is 0.846. The van der Waals surface area contributed by atoms with Gasteiger partial charge in [-0.3, -0.25) is 9.78 Å².